The zero-order valence-electron chi connectivity index (χ0n) is 4.74. The van der Waals surface area contributed by atoms with Crippen LogP contribution in [0.3, 0.4) is 0 Å². The van der Waals surface area contributed by atoms with E-state index in [0.29, 0.717) is 0 Å². The van der Waals surface area contributed by atoms with Crippen LogP contribution in [0, 0.1) is 0 Å². The van der Waals surface area contributed by atoms with Gasteiger partial charge in [-0.25, -0.2) is 0 Å². The van der Waals surface area contributed by atoms with Gasteiger partial charge in [0, 0.05) is 16.8 Å². The third-order valence-electron chi connectivity index (χ3n) is 0.808. The van der Waals surface area contributed by atoms with E-state index in [9.17, 15) is 0 Å². The van der Waals surface area contributed by atoms with Gasteiger partial charge in [-0.05, 0) is 13.0 Å². The summed E-state index contributed by atoms with van der Waals surface area (Å²) in [5.41, 5.74) is 5.21. The van der Waals surface area contributed by atoms with Crippen molar-refractivity contribution in [1.82, 2.24) is 0 Å². The van der Waals surface area contributed by atoms with Crippen LogP contribution in [0.1, 0.15) is 26.2 Å². The van der Waals surface area contributed by atoms with Gasteiger partial charge < -0.3 is 5.73 Å². The summed E-state index contributed by atoms with van der Waals surface area (Å²) in [6.07, 6.45) is 3.75. The molecule has 0 fully saturated rings. The van der Waals surface area contributed by atoms with Crippen LogP contribution in [0.4, 0.5) is 0 Å². The maximum absolute atomic E-state index is 5.21. The van der Waals surface area contributed by atoms with Gasteiger partial charge in [-0.2, -0.15) is 0 Å². The number of rotatable bonds is 3. The van der Waals surface area contributed by atoms with Crippen molar-refractivity contribution >= 4 is 0 Å². The Hall–Kier alpha value is 0.466. The first-order chi connectivity index (χ1) is 2.91. The van der Waals surface area contributed by atoms with Crippen molar-refractivity contribution in [3.8, 4) is 0 Å². The molecule has 1 radical (unpaired) electrons. The number of unbranched alkanes of at least 4 members (excludes halogenated alkanes) is 2. The second-order valence-corrected chi connectivity index (χ2v) is 1.50. The monoisotopic (exact) mass is 146 g/mol. The minimum absolute atomic E-state index is 0. The molecule has 0 saturated heterocycles. The van der Waals surface area contributed by atoms with Gasteiger partial charge in [-0.15, -0.1) is 0 Å². The minimum Gasteiger partial charge on any atom is -0.330 e. The van der Waals surface area contributed by atoms with Crippen LogP contribution in [0.25, 0.3) is 0 Å². The third kappa shape index (κ3) is 10.7. The summed E-state index contributed by atoms with van der Waals surface area (Å²) in [6.45, 7) is 3.03. The van der Waals surface area contributed by atoms with E-state index in [1.54, 1.807) is 0 Å². The summed E-state index contributed by atoms with van der Waals surface area (Å²) in [4.78, 5) is 0. The van der Waals surface area contributed by atoms with Crippen LogP contribution < -0.4 is 5.73 Å². The quantitative estimate of drug-likeness (QED) is 0.593. The predicted molar refractivity (Wildman–Crippen MR) is 28.6 cm³/mol. The molecule has 7 heavy (non-hydrogen) atoms. The Bertz CT molecular complexity index is 20.0. The molecular formula is C5H13CoN. The van der Waals surface area contributed by atoms with E-state index in [1.807, 2.05) is 0 Å². The maximum Gasteiger partial charge on any atom is 0 e. The Morgan fingerprint density at radius 1 is 1.29 bits per heavy atom. The molecule has 0 aliphatic carbocycles. The van der Waals surface area contributed by atoms with E-state index in [-0.39, 0.29) is 16.8 Å². The largest absolute Gasteiger partial charge is 0.330 e. The molecule has 0 heterocycles. The van der Waals surface area contributed by atoms with E-state index >= 15 is 0 Å². The number of hydrogen-bond acceptors (Lipinski definition) is 1. The SMILES string of the molecule is CCCCCN.[Co]. The van der Waals surface area contributed by atoms with Crippen molar-refractivity contribution in [2.45, 2.75) is 26.2 Å². The molecule has 0 rings (SSSR count). The average Bonchev–Trinajstić information content (AvgIpc) is 1.61. The zero-order chi connectivity index (χ0) is 4.83. The van der Waals surface area contributed by atoms with Crippen LogP contribution in [0.5, 0.6) is 0 Å². The summed E-state index contributed by atoms with van der Waals surface area (Å²) in [7, 11) is 0. The molecule has 0 bridgehead atoms. The first-order valence-electron chi connectivity index (χ1n) is 2.62. The predicted octanol–water partition coefficient (Wildman–Crippen LogP) is 1.13. The van der Waals surface area contributed by atoms with Crippen LogP contribution in [-0.4, -0.2) is 6.54 Å². The molecule has 0 aromatic heterocycles. The molecule has 0 atom stereocenters. The van der Waals surface area contributed by atoms with Gasteiger partial charge in [0.05, 0.1) is 0 Å². The molecule has 0 unspecified atom stereocenters. The second kappa shape index (κ2) is 9.69. The van der Waals surface area contributed by atoms with Gasteiger partial charge in [0.2, 0.25) is 0 Å². The number of nitrogens with two attached hydrogens (primary N) is 1. The molecule has 0 spiro atoms. The molecule has 2 N–H and O–H groups in total. The van der Waals surface area contributed by atoms with Crippen LogP contribution >= 0.6 is 0 Å². The van der Waals surface area contributed by atoms with E-state index in [1.165, 1.54) is 19.3 Å². The Kier molecular flexibility index (Phi) is 14.5. The summed E-state index contributed by atoms with van der Waals surface area (Å²) >= 11 is 0. The third-order valence-corrected chi connectivity index (χ3v) is 0.808. The molecular weight excluding hydrogens is 133 g/mol. The van der Waals surface area contributed by atoms with Crippen molar-refractivity contribution in [2.75, 3.05) is 6.54 Å². The van der Waals surface area contributed by atoms with Gasteiger partial charge in [-0.3, -0.25) is 0 Å². The summed E-state index contributed by atoms with van der Waals surface area (Å²) in [5, 5.41) is 0. The van der Waals surface area contributed by atoms with Gasteiger partial charge in [0.1, 0.15) is 0 Å². The van der Waals surface area contributed by atoms with Crippen LogP contribution in [0.15, 0.2) is 0 Å². The second-order valence-electron chi connectivity index (χ2n) is 1.50. The average molecular weight is 146 g/mol. The summed E-state index contributed by atoms with van der Waals surface area (Å²) < 4.78 is 0. The van der Waals surface area contributed by atoms with Crippen molar-refractivity contribution in [1.29, 1.82) is 0 Å². The van der Waals surface area contributed by atoms with Gasteiger partial charge in [0.15, 0.2) is 0 Å². The minimum atomic E-state index is 0. The van der Waals surface area contributed by atoms with E-state index in [0.717, 1.165) is 6.54 Å². The van der Waals surface area contributed by atoms with Crippen molar-refractivity contribution in [3.05, 3.63) is 0 Å². The maximum atomic E-state index is 5.21. The van der Waals surface area contributed by atoms with Crippen molar-refractivity contribution < 1.29 is 16.8 Å². The molecule has 1 nitrogen and oxygen atoms in total. The Balaban J connectivity index is 0. The van der Waals surface area contributed by atoms with Crippen molar-refractivity contribution in [2.24, 2.45) is 5.73 Å². The molecule has 0 aromatic carbocycles. The molecule has 0 aromatic rings. The van der Waals surface area contributed by atoms with Gasteiger partial charge >= 0.3 is 0 Å². The van der Waals surface area contributed by atoms with E-state index in [4.69, 9.17) is 5.73 Å². The first kappa shape index (κ1) is 10.4. The van der Waals surface area contributed by atoms with E-state index in [2.05, 4.69) is 6.92 Å². The fourth-order valence-corrected chi connectivity index (χ4v) is 0.394. The fraction of sp³-hybridized carbons (Fsp3) is 1.00. The summed E-state index contributed by atoms with van der Waals surface area (Å²) in [6, 6.07) is 0. The number of hydrogen-bond donors (Lipinski definition) is 1. The Morgan fingerprint density at radius 2 is 1.86 bits per heavy atom. The smallest absolute Gasteiger partial charge is 0 e. The summed E-state index contributed by atoms with van der Waals surface area (Å²) in [5.74, 6) is 0. The zero-order valence-corrected chi connectivity index (χ0v) is 5.78. The fourth-order valence-electron chi connectivity index (χ4n) is 0.394. The Labute approximate surface area is 55.9 Å². The molecule has 47 valence electrons. The Morgan fingerprint density at radius 3 is 2.00 bits per heavy atom. The topological polar surface area (TPSA) is 26.0 Å². The molecule has 0 saturated carbocycles. The molecule has 0 aliphatic rings. The van der Waals surface area contributed by atoms with Gasteiger partial charge in [-0.1, -0.05) is 19.8 Å². The van der Waals surface area contributed by atoms with Gasteiger partial charge in [0.25, 0.3) is 0 Å². The van der Waals surface area contributed by atoms with Crippen LogP contribution in [0.2, 0.25) is 0 Å². The standard InChI is InChI=1S/C5H13N.Co/c1-2-3-4-5-6;/h2-6H2,1H3;. The molecule has 2 heteroatoms. The van der Waals surface area contributed by atoms with E-state index < -0.39 is 0 Å². The molecule has 0 amide bonds. The van der Waals surface area contributed by atoms with Crippen molar-refractivity contribution in [3.63, 3.8) is 0 Å². The normalized spacial score (nSPS) is 7.71. The first-order valence-corrected chi connectivity index (χ1v) is 2.62. The van der Waals surface area contributed by atoms with Crippen LogP contribution in [-0.2, 0) is 16.8 Å². The molecule has 0 aliphatic heterocycles.